The van der Waals surface area contributed by atoms with Crippen molar-refractivity contribution in [1.82, 2.24) is 0 Å². The van der Waals surface area contributed by atoms with Crippen molar-refractivity contribution in [1.29, 1.82) is 0 Å². The fraction of sp³-hybridized carbons (Fsp3) is 0.350. The monoisotopic (exact) mass is 386 g/mol. The van der Waals surface area contributed by atoms with Gasteiger partial charge in [0.25, 0.3) is 0 Å². The quantitative estimate of drug-likeness (QED) is 0.318. The van der Waals surface area contributed by atoms with E-state index in [0.717, 1.165) is 12.1 Å². The summed E-state index contributed by atoms with van der Waals surface area (Å²) in [5.41, 5.74) is -0.863. The van der Waals surface area contributed by atoms with E-state index in [-0.39, 0.29) is 36.3 Å². The first-order valence-corrected chi connectivity index (χ1v) is 8.23. The van der Waals surface area contributed by atoms with E-state index in [1.807, 2.05) is 0 Å². The average molecular weight is 386 g/mol. The number of methoxy groups -OCH3 is 1. The highest BCUT2D eigenvalue weighted by Gasteiger charge is 2.35. The minimum Gasteiger partial charge on any atom is -0.496 e. The van der Waals surface area contributed by atoms with Gasteiger partial charge < -0.3 is 9.47 Å². The molecule has 0 aromatic heterocycles. The Kier molecular flexibility index (Phi) is 8.28. The van der Waals surface area contributed by atoms with Crippen LogP contribution in [0.25, 0.3) is 5.57 Å². The molecule has 0 atom stereocenters. The molecule has 0 aliphatic carbocycles. The van der Waals surface area contributed by atoms with Crippen LogP contribution >= 0.6 is 0 Å². The number of esters is 1. The van der Waals surface area contributed by atoms with Crippen molar-refractivity contribution in [2.75, 3.05) is 13.7 Å². The van der Waals surface area contributed by atoms with Crippen LogP contribution in [0.1, 0.15) is 37.8 Å². The van der Waals surface area contributed by atoms with E-state index in [1.54, 1.807) is 13.8 Å². The summed E-state index contributed by atoms with van der Waals surface area (Å²) in [7, 11) is 1.23. The smallest absolute Gasteiger partial charge is 0.417 e. The summed E-state index contributed by atoms with van der Waals surface area (Å²) in [6.45, 7) is 7.02. The molecule has 0 saturated carbocycles. The van der Waals surface area contributed by atoms with Crippen molar-refractivity contribution in [2.24, 2.45) is 0 Å². The number of alkyl halides is 3. The molecule has 0 aliphatic rings. The summed E-state index contributed by atoms with van der Waals surface area (Å²) in [6.07, 6.45) is -2.87. The van der Waals surface area contributed by atoms with Gasteiger partial charge in [-0.15, -0.1) is 0 Å². The van der Waals surface area contributed by atoms with Gasteiger partial charge in [0, 0.05) is 12.0 Å². The van der Waals surface area contributed by atoms with Crippen LogP contribution in [0.4, 0.5) is 17.6 Å². The Morgan fingerprint density at radius 1 is 1.22 bits per heavy atom. The first kappa shape index (κ1) is 22.5. The zero-order valence-electron chi connectivity index (χ0n) is 15.5. The van der Waals surface area contributed by atoms with E-state index >= 15 is 0 Å². The van der Waals surface area contributed by atoms with Crippen molar-refractivity contribution in [3.63, 3.8) is 0 Å². The molecular weight excluding hydrogens is 364 g/mol. The summed E-state index contributed by atoms with van der Waals surface area (Å²) in [5, 5.41) is 0. The third-order valence-corrected chi connectivity index (χ3v) is 3.43. The molecule has 1 aromatic rings. The van der Waals surface area contributed by atoms with Crippen LogP contribution in [-0.4, -0.2) is 19.7 Å². The predicted octanol–water partition coefficient (Wildman–Crippen LogP) is 5.87. The highest BCUT2D eigenvalue weighted by molar-refractivity contribution is 5.82. The summed E-state index contributed by atoms with van der Waals surface area (Å²) in [4.78, 5) is 11.4. The standard InChI is InChI=1S/C20H22F4O3/c1-5-27-18(25)10-9-15(21)12-14(11-13(2)3)19-16(20(22,23)24)7-6-8-17(19)26-4/h6-8,11-12H,2,5,9-10H2,1,3-4H3/b14-11+,15-12-. The lowest BCUT2D eigenvalue weighted by molar-refractivity contribution is -0.143. The number of hydrogen-bond acceptors (Lipinski definition) is 3. The maximum atomic E-state index is 14.3. The molecule has 0 heterocycles. The van der Waals surface area contributed by atoms with Gasteiger partial charge in [-0.3, -0.25) is 4.79 Å². The van der Waals surface area contributed by atoms with E-state index in [1.165, 1.54) is 25.3 Å². The van der Waals surface area contributed by atoms with E-state index in [9.17, 15) is 22.4 Å². The van der Waals surface area contributed by atoms with Gasteiger partial charge in [-0.1, -0.05) is 24.3 Å². The van der Waals surface area contributed by atoms with Crippen molar-refractivity contribution in [3.05, 3.63) is 59.5 Å². The topological polar surface area (TPSA) is 35.5 Å². The highest BCUT2D eigenvalue weighted by Crippen LogP contribution is 2.40. The number of allylic oxidation sites excluding steroid dienone is 5. The summed E-state index contributed by atoms with van der Waals surface area (Å²) >= 11 is 0. The average Bonchev–Trinajstić information content (AvgIpc) is 2.57. The van der Waals surface area contributed by atoms with Crippen LogP contribution in [0.15, 0.2) is 48.3 Å². The number of halogens is 4. The van der Waals surface area contributed by atoms with Crippen molar-refractivity contribution >= 4 is 11.5 Å². The maximum Gasteiger partial charge on any atom is 0.417 e. The number of carbonyl (C=O) groups is 1. The Hall–Kier alpha value is -2.57. The van der Waals surface area contributed by atoms with Crippen LogP contribution < -0.4 is 4.74 Å². The van der Waals surface area contributed by atoms with E-state index < -0.39 is 23.5 Å². The fourth-order valence-corrected chi connectivity index (χ4v) is 2.38. The molecule has 1 rings (SSSR count). The van der Waals surface area contributed by atoms with Gasteiger partial charge in [-0.25, -0.2) is 4.39 Å². The van der Waals surface area contributed by atoms with E-state index in [2.05, 4.69) is 6.58 Å². The molecule has 0 spiro atoms. The Balaban J connectivity index is 3.40. The number of carbonyl (C=O) groups excluding carboxylic acids is 1. The summed E-state index contributed by atoms with van der Waals surface area (Å²) in [5.74, 6) is -1.39. The number of rotatable bonds is 8. The number of ether oxygens (including phenoxy) is 2. The van der Waals surface area contributed by atoms with Crippen molar-refractivity contribution < 1.29 is 31.8 Å². The maximum absolute atomic E-state index is 14.3. The lowest BCUT2D eigenvalue weighted by Crippen LogP contribution is -2.10. The highest BCUT2D eigenvalue weighted by atomic mass is 19.4. The molecule has 1 aromatic carbocycles. The van der Waals surface area contributed by atoms with Crippen LogP contribution in [0, 0.1) is 0 Å². The Labute approximate surface area is 156 Å². The van der Waals surface area contributed by atoms with Gasteiger partial charge in [-0.05, 0) is 37.6 Å². The predicted molar refractivity (Wildman–Crippen MR) is 95.8 cm³/mol. The molecule has 0 aliphatic heterocycles. The molecule has 0 saturated heterocycles. The van der Waals surface area contributed by atoms with Gasteiger partial charge in [0.2, 0.25) is 0 Å². The zero-order chi connectivity index (χ0) is 20.6. The van der Waals surface area contributed by atoms with E-state index in [4.69, 9.17) is 9.47 Å². The molecule has 0 fully saturated rings. The second-order valence-electron chi connectivity index (χ2n) is 5.72. The normalized spacial score (nSPS) is 12.7. The number of hydrogen-bond donors (Lipinski definition) is 0. The van der Waals surface area contributed by atoms with Gasteiger partial charge in [0.15, 0.2) is 0 Å². The summed E-state index contributed by atoms with van der Waals surface area (Å²) in [6, 6.07) is 3.47. The third kappa shape index (κ3) is 6.92. The van der Waals surface area contributed by atoms with Crippen LogP contribution in [-0.2, 0) is 15.7 Å². The summed E-state index contributed by atoms with van der Waals surface area (Å²) < 4.78 is 64.5. The Morgan fingerprint density at radius 3 is 2.41 bits per heavy atom. The fourth-order valence-electron chi connectivity index (χ4n) is 2.38. The molecular formula is C20H22F4O3. The first-order chi connectivity index (χ1) is 12.6. The van der Waals surface area contributed by atoms with Gasteiger partial charge in [-0.2, -0.15) is 13.2 Å². The molecule has 3 nitrogen and oxygen atoms in total. The van der Waals surface area contributed by atoms with Crippen LogP contribution in [0.5, 0.6) is 5.75 Å². The molecule has 0 bridgehead atoms. The molecule has 0 unspecified atom stereocenters. The molecule has 0 amide bonds. The molecule has 0 N–H and O–H groups in total. The molecule has 27 heavy (non-hydrogen) atoms. The lowest BCUT2D eigenvalue weighted by Gasteiger charge is -2.17. The third-order valence-electron chi connectivity index (χ3n) is 3.43. The van der Waals surface area contributed by atoms with E-state index in [0.29, 0.717) is 5.57 Å². The Bertz CT molecular complexity index is 746. The zero-order valence-corrected chi connectivity index (χ0v) is 15.5. The minimum absolute atomic E-state index is 0.0476. The van der Waals surface area contributed by atoms with Gasteiger partial charge in [0.05, 0.1) is 25.7 Å². The first-order valence-electron chi connectivity index (χ1n) is 8.23. The van der Waals surface area contributed by atoms with Crippen LogP contribution in [0.2, 0.25) is 0 Å². The molecule has 7 heteroatoms. The van der Waals surface area contributed by atoms with Gasteiger partial charge >= 0.3 is 12.1 Å². The Morgan fingerprint density at radius 2 is 1.89 bits per heavy atom. The van der Waals surface area contributed by atoms with Crippen molar-refractivity contribution in [3.8, 4) is 5.75 Å². The second-order valence-corrected chi connectivity index (χ2v) is 5.72. The molecule has 148 valence electrons. The van der Waals surface area contributed by atoms with Gasteiger partial charge in [0.1, 0.15) is 11.6 Å². The van der Waals surface area contributed by atoms with Crippen LogP contribution in [0.3, 0.4) is 0 Å². The molecule has 0 radical (unpaired) electrons. The van der Waals surface area contributed by atoms with Crippen molar-refractivity contribution in [2.45, 2.75) is 32.9 Å². The second kappa shape index (κ2) is 9.94. The number of benzene rings is 1. The minimum atomic E-state index is -4.66. The lowest BCUT2D eigenvalue weighted by atomic mass is 9.95. The largest absolute Gasteiger partial charge is 0.496 e. The SMILES string of the molecule is C=C(C)/C=C(\C=C(/F)CCC(=O)OCC)c1c(OC)cccc1C(F)(F)F.